The van der Waals surface area contributed by atoms with Crippen molar-refractivity contribution in [2.75, 3.05) is 4.90 Å². The second kappa shape index (κ2) is 8.65. The largest absolute Gasteiger partial charge is 0.451 e. The Morgan fingerprint density at radius 2 is 1.43 bits per heavy atom. The molecule has 6 heteroatoms. The molecule has 0 bridgehead atoms. The molecule has 0 spiro atoms. The first-order valence-electron chi connectivity index (χ1n) is 11.2. The summed E-state index contributed by atoms with van der Waals surface area (Å²) in [4.78, 5) is 52.9. The van der Waals surface area contributed by atoms with Gasteiger partial charge in [-0.15, -0.1) is 0 Å². The van der Waals surface area contributed by atoms with Crippen LogP contribution in [0.5, 0.6) is 0 Å². The Bertz CT molecular complexity index is 1510. The number of nitrogens with zero attached hydrogens (tertiary/aromatic N) is 1. The van der Waals surface area contributed by atoms with Crippen molar-refractivity contribution in [3.8, 4) is 0 Å². The lowest BCUT2D eigenvalue weighted by molar-refractivity contribution is 0.0318. The molecule has 1 atom stereocenters. The maximum atomic E-state index is 13.3. The van der Waals surface area contributed by atoms with Gasteiger partial charge in [-0.2, -0.15) is 0 Å². The van der Waals surface area contributed by atoms with Crippen molar-refractivity contribution < 1.29 is 23.9 Å². The van der Waals surface area contributed by atoms with Crippen LogP contribution in [0.2, 0.25) is 0 Å². The minimum atomic E-state index is -1.01. The van der Waals surface area contributed by atoms with Gasteiger partial charge in [-0.05, 0) is 43.5 Å². The Hall–Kier alpha value is -4.58. The summed E-state index contributed by atoms with van der Waals surface area (Å²) in [7, 11) is 0. The normalized spacial score (nSPS) is 13.6. The Balaban J connectivity index is 1.40. The van der Waals surface area contributed by atoms with Crippen LogP contribution >= 0.6 is 0 Å². The van der Waals surface area contributed by atoms with Crippen LogP contribution in [0.3, 0.4) is 0 Å². The number of amides is 2. The highest BCUT2D eigenvalue weighted by molar-refractivity contribution is 6.36. The lowest BCUT2D eigenvalue weighted by atomic mass is 10.0. The number of carbonyl (C=O) groups is 4. The monoisotopic (exact) mass is 463 g/mol. The molecule has 0 saturated heterocycles. The summed E-state index contributed by atoms with van der Waals surface area (Å²) < 4.78 is 5.38. The third-order valence-electron chi connectivity index (χ3n) is 6.12. The third-order valence-corrected chi connectivity index (χ3v) is 6.12. The predicted molar refractivity (Wildman–Crippen MR) is 132 cm³/mol. The van der Waals surface area contributed by atoms with Crippen LogP contribution < -0.4 is 4.90 Å². The molecule has 4 aromatic rings. The highest BCUT2D eigenvalue weighted by Crippen LogP contribution is 2.34. The molecule has 1 aliphatic rings. The number of fused-ring (bicyclic) bond motifs is 2. The fourth-order valence-corrected chi connectivity index (χ4v) is 4.22. The van der Waals surface area contributed by atoms with Crippen molar-refractivity contribution in [2.45, 2.75) is 20.0 Å². The van der Waals surface area contributed by atoms with Crippen molar-refractivity contribution >= 4 is 40.0 Å². The van der Waals surface area contributed by atoms with E-state index >= 15 is 0 Å². The summed E-state index contributed by atoms with van der Waals surface area (Å²) in [6.07, 6.45) is -1.01. The lowest BCUT2D eigenvalue weighted by Gasteiger charge is -2.16. The van der Waals surface area contributed by atoms with Gasteiger partial charge in [-0.25, -0.2) is 9.69 Å². The van der Waals surface area contributed by atoms with Gasteiger partial charge in [0, 0.05) is 10.9 Å². The van der Waals surface area contributed by atoms with Gasteiger partial charge in [0.25, 0.3) is 11.8 Å². The zero-order valence-electron chi connectivity index (χ0n) is 19.1. The summed E-state index contributed by atoms with van der Waals surface area (Å²) in [5.74, 6) is -2.04. The summed E-state index contributed by atoms with van der Waals surface area (Å²) in [5.41, 5.74) is 2.36. The minimum Gasteiger partial charge on any atom is -0.451 e. The molecule has 5 rings (SSSR count). The smallest absolute Gasteiger partial charge is 0.338 e. The van der Waals surface area contributed by atoms with Crippen molar-refractivity contribution in [3.63, 3.8) is 0 Å². The van der Waals surface area contributed by atoms with Gasteiger partial charge in [-0.1, -0.05) is 66.2 Å². The van der Waals surface area contributed by atoms with E-state index in [0.717, 1.165) is 21.2 Å². The number of ether oxygens (including phenoxy) is 1. The number of benzene rings is 4. The molecule has 4 aromatic carbocycles. The van der Waals surface area contributed by atoms with E-state index in [1.54, 1.807) is 24.3 Å². The molecule has 172 valence electrons. The molecule has 1 aliphatic heterocycles. The molecule has 0 saturated carbocycles. The predicted octanol–water partition coefficient (Wildman–Crippen LogP) is 5.38. The van der Waals surface area contributed by atoms with E-state index < -0.39 is 23.9 Å². The number of hydrogen-bond donors (Lipinski definition) is 0. The van der Waals surface area contributed by atoms with Crippen LogP contribution in [0.25, 0.3) is 10.8 Å². The van der Waals surface area contributed by atoms with Gasteiger partial charge < -0.3 is 4.74 Å². The molecule has 0 aliphatic carbocycles. The number of hydrogen-bond acceptors (Lipinski definition) is 5. The fraction of sp³-hybridized carbons (Fsp3) is 0.103. The first kappa shape index (κ1) is 22.2. The number of imide groups is 1. The van der Waals surface area contributed by atoms with Crippen molar-refractivity contribution in [2.24, 2.45) is 0 Å². The van der Waals surface area contributed by atoms with Crippen LogP contribution in [0.4, 0.5) is 5.69 Å². The van der Waals surface area contributed by atoms with E-state index in [-0.39, 0.29) is 22.5 Å². The molecule has 1 unspecified atom stereocenters. The van der Waals surface area contributed by atoms with E-state index in [1.807, 2.05) is 49.4 Å². The second-order valence-corrected chi connectivity index (χ2v) is 8.48. The number of rotatable bonds is 5. The molecule has 2 amide bonds. The van der Waals surface area contributed by atoms with Gasteiger partial charge in [0.05, 0.1) is 22.4 Å². The fourth-order valence-electron chi connectivity index (χ4n) is 4.22. The second-order valence-electron chi connectivity index (χ2n) is 8.48. The number of anilines is 1. The van der Waals surface area contributed by atoms with Crippen LogP contribution in [-0.4, -0.2) is 29.7 Å². The zero-order valence-corrected chi connectivity index (χ0v) is 19.1. The number of Topliss-reactive ketones (excluding diaryl/α,β-unsaturated/α-hetero) is 1. The minimum absolute atomic E-state index is 0.0909. The molecule has 0 aromatic heterocycles. The van der Waals surface area contributed by atoms with Crippen LogP contribution in [0.15, 0.2) is 84.9 Å². The Kier molecular flexibility index (Phi) is 5.49. The van der Waals surface area contributed by atoms with Crippen LogP contribution in [0.1, 0.15) is 53.9 Å². The SMILES string of the molecule is Cc1ccc(C(=O)C(C)OC(=O)c2ccc3c(c2)C(=O)N(c2cccc4ccccc24)C3=O)cc1. The van der Waals surface area contributed by atoms with Crippen LogP contribution in [-0.2, 0) is 4.74 Å². The Morgan fingerprint density at radius 3 is 2.20 bits per heavy atom. The average Bonchev–Trinajstić information content (AvgIpc) is 3.12. The quantitative estimate of drug-likeness (QED) is 0.226. The summed E-state index contributed by atoms with van der Waals surface area (Å²) >= 11 is 0. The van der Waals surface area contributed by atoms with E-state index in [1.165, 1.54) is 25.1 Å². The molecule has 0 radical (unpaired) electrons. The molecule has 0 N–H and O–H groups in total. The van der Waals surface area contributed by atoms with E-state index in [4.69, 9.17) is 4.74 Å². The molecular weight excluding hydrogens is 442 g/mol. The molecular formula is C29H21NO5. The maximum absolute atomic E-state index is 13.3. The zero-order chi connectivity index (χ0) is 24.7. The molecule has 0 fully saturated rings. The average molecular weight is 463 g/mol. The molecule has 6 nitrogen and oxygen atoms in total. The highest BCUT2D eigenvalue weighted by atomic mass is 16.5. The van der Waals surface area contributed by atoms with E-state index in [0.29, 0.717) is 11.3 Å². The van der Waals surface area contributed by atoms with Gasteiger partial charge in [0.2, 0.25) is 5.78 Å². The standard InChI is InChI=1S/C29H21NO5/c1-17-10-12-20(13-11-17)26(31)18(2)35-29(34)21-14-15-23-24(16-21)28(33)30(27(23)32)25-9-5-7-19-6-3-4-8-22(19)25/h3-16,18H,1-2H3. The number of ketones is 1. The molecule has 1 heterocycles. The van der Waals surface area contributed by atoms with E-state index in [9.17, 15) is 19.2 Å². The first-order valence-corrected chi connectivity index (χ1v) is 11.2. The third kappa shape index (κ3) is 3.89. The summed E-state index contributed by atoms with van der Waals surface area (Å²) in [5, 5.41) is 1.67. The summed E-state index contributed by atoms with van der Waals surface area (Å²) in [6, 6.07) is 24.1. The van der Waals surface area contributed by atoms with Gasteiger partial charge in [0.15, 0.2) is 6.10 Å². The Labute approximate surface area is 201 Å². The van der Waals surface area contributed by atoms with Gasteiger partial charge >= 0.3 is 5.97 Å². The number of aryl methyl sites for hydroxylation is 1. The number of carbonyl (C=O) groups excluding carboxylic acids is 4. The van der Waals surface area contributed by atoms with E-state index in [2.05, 4.69) is 0 Å². The lowest BCUT2D eigenvalue weighted by Crippen LogP contribution is -2.29. The van der Waals surface area contributed by atoms with Crippen molar-refractivity contribution in [1.29, 1.82) is 0 Å². The Morgan fingerprint density at radius 1 is 0.771 bits per heavy atom. The van der Waals surface area contributed by atoms with Crippen molar-refractivity contribution in [1.82, 2.24) is 0 Å². The summed E-state index contributed by atoms with van der Waals surface area (Å²) in [6.45, 7) is 3.42. The van der Waals surface area contributed by atoms with Gasteiger partial charge in [-0.3, -0.25) is 14.4 Å². The number of esters is 1. The van der Waals surface area contributed by atoms with Gasteiger partial charge in [0.1, 0.15) is 0 Å². The molecule has 35 heavy (non-hydrogen) atoms. The first-order chi connectivity index (χ1) is 16.8. The van der Waals surface area contributed by atoms with Crippen molar-refractivity contribution in [3.05, 3.63) is 113 Å². The highest BCUT2D eigenvalue weighted by Gasteiger charge is 2.38. The van der Waals surface area contributed by atoms with Crippen LogP contribution in [0, 0.1) is 6.92 Å². The maximum Gasteiger partial charge on any atom is 0.338 e. The topological polar surface area (TPSA) is 80.8 Å².